The van der Waals surface area contributed by atoms with Gasteiger partial charge in [0.1, 0.15) is 12.2 Å². The molecule has 0 bridgehead atoms. The van der Waals surface area contributed by atoms with E-state index < -0.39 is 11.9 Å². The average molecular weight is 613 g/mol. The summed E-state index contributed by atoms with van der Waals surface area (Å²) in [5.74, 6) is -1.51. The molecule has 4 rings (SSSR count). The number of carbonyl (C=O) groups excluding carboxylic acids is 4. The second kappa shape index (κ2) is 20.1. The summed E-state index contributed by atoms with van der Waals surface area (Å²) in [6, 6.07) is 15.8. The van der Waals surface area contributed by atoms with Gasteiger partial charge < -0.3 is 38.6 Å². The molecule has 0 N–H and O–H groups in total. The van der Waals surface area contributed by atoms with Crippen molar-refractivity contribution in [3.05, 3.63) is 59.7 Å². The molecule has 1 atom stereocenters. The van der Waals surface area contributed by atoms with Crippen molar-refractivity contribution in [2.24, 2.45) is 0 Å². The Morgan fingerprint density at radius 1 is 0.750 bits per heavy atom. The van der Waals surface area contributed by atoms with Crippen LogP contribution >= 0.6 is 0 Å². The van der Waals surface area contributed by atoms with Gasteiger partial charge in [-0.1, -0.05) is 24.3 Å². The van der Waals surface area contributed by atoms with Crippen LogP contribution in [0.3, 0.4) is 0 Å². The fourth-order valence-electron chi connectivity index (χ4n) is 4.66. The van der Waals surface area contributed by atoms with Gasteiger partial charge in [0.15, 0.2) is 0 Å². The highest BCUT2D eigenvalue weighted by Gasteiger charge is 2.22. The van der Waals surface area contributed by atoms with Gasteiger partial charge in [-0.15, -0.1) is 0 Å². The second-order valence-corrected chi connectivity index (χ2v) is 10.5. The minimum atomic E-state index is -0.827. The predicted molar refractivity (Wildman–Crippen MR) is 171 cm³/mol. The molecule has 0 amide bonds. The first-order chi connectivity index (χ1) is 21.3. The molecular weight excluding hydrogens is 564 g/mol. The Balaban J connectivity index is 0.000000268. The van der Waals surface area contributed by atoms with E-state index in [2.05, 4.69) is 55.3 Å². The van der Waals surface area contributed by atoms with Crippen molar-refractivity contribution in [1.82, 2.24) is 9.80 Å². The highest BCUT2D eigenvalue weighted by molar-refractivity contribution is 5.94. The third-order valence-corrected chi connectivity index (χ3v) is 7.41. The Morgan fingerprint density at radius 2 is 1.23 bits per heavy atom. The number of carbonyl (C=O) groups is 4. The first-order valence-corrected chi connectivity index (χ1v) is 15.1. The molecule has 0 aromatic heterocycles. The van der Waals surface area contributed by atoms with Gasteiger partial charge in [-0.25, -0.2) is 0 Å². The lowest BCUT2D eigenvalue weighted by Gasteiger charge is -2.34. The van der Waals surface area contributed by atoms with Crippen LogP contribution in [0.25, 0.3) is 0 Å². The van der Waals surface area contributed by atoms with Gasteiger partial charge in [0.05, 0.1) is 26.7 Å². The van der Waals surface area contributed by atoms with E-state index in [0.717, 1.165) is 63.6 Å². The molecule has 2 saturated heterocycles. The Morgan fingerprint density at radius 3 is 1.59 bits per heavy atom. The van der Waals surface area contributed by atoms with E-state index in [0.29, 0.717) is 31.3 Å². The molecule has 44 heavy (non-hydrogen) atoms. The molecule has 2 heterocycles. The third kappa shape index (κ3) is 12.3. The number of benzene rings is 2. The Bertz CT molecular complexity index is 1130. The highest BCUT2D eigenvalue weighted by atomic mass is 16.5. The fourth-order valence-corrected chi connectivity index (χ4v) is 4.66. The highest BCUT2D eigenvalue weighted by Crippen LogP contribution is 2.22. The zero-order chi connectivity index (χ0) is 32.3. The lowest BCUT2D eigenvalue weighted by molar-refractivity contribution is -0.146. The molecule has 2 aromatic rings. The van der Waals surface area contributed by atoms with E-state index in [4.69, 9.17) is 4.74 Å². The molecule has 2 fully saturated rings. The first kappa shape index (κ1) is 36.2. The second-order valence-electron chi connectivity index (χ2n) is 10.5. The van der Waals surface area contributed by atoms with Crippen molar-refractivity contribution in [3.8, 4) is 0 Å². The zero-order valence-corrected chi connectivity index (χ0v) is 26.8. The van der Waals surface area contributed by atoms with Crippen LogP contribution in [0.1, 0.15) is 30.9 Å². The van der Waals surface area contributed by atoms with Gasteiger partial charge in [-0.05, 0) is 63.3 Å². The van der Waals surface area contributed by atoms with E-state index in [-0.39, 0.29) is 12.6 Å². The molecule has 11 heteroatoms. The maximum Gasteiger partial charge on any atom is 0.320 e. The number of hydrogen-bond acceptors (Lipinski definition) is 11. The maximum atomic E-state index is 11.7. The van der Waals surface area contributed by atoms with Crippen molar-refractivity contribution < 1.29 is 33.4 Å². The molecule has 2 aliphatic rings. The molecule has 0 aliphatic carbocycles. The van der Waals surface area contributed by atoms with E-state index in [1.165, 1.54) is 12.8 Å². The van der Waals surface area contributed by atoms with Crippen LogP contribution in [0.15, 0.2) is 48.5 Å². The molecule has 2 aromatic carbocycles. The predicted octanol–water partition coefficient (Wildman–Crippen LogP) is 2.62. The molecule has 11 nitrogen and oxygen atoms in total. The normalized spacial score (nSPS) is 15.8. The number of anilines is 2. The number of rotatable bonds is 10. The molecule has 0 radical (unpaired) electrons. The smallest absolute Gasteiger partial charge is 0.320 e. The Kier molecular flexibility index (Phi) is 16.5. The minimum absolute atomic E-state index is 0.192. The standard InChI is InChI=1S/C16H22N2O3.C14H20N2O2.C3H6O2/c1-3-21-16(20)15(12-19)13-4-6-14(7-5-13)18-10-8-17(2)9-11-18;1-15-7-9-16(10-8-15)13-5-3-12(4-6-13)11-14(17)18-2;1-2-5-3-4/h4-7,12,15H,3,8-11H2,1-2H3;3-6H,7-11H2,1-2H3;3H,2H2,1H3. The minimum Gasteiger partial charge on any atom is -0.469 e. The number of hydrogen-bond donors (Lipinski definition) is 0. The number of aldehydes is 1. The SMILES string of the molecule is CCOC(=O)C(C=O)c1ccc(N2CCN(C)CC2)cc1.CCOC=O.COC(=O)Cc1ccc(N2CCN(C)CC2)cc1. The summed E-state index contributed by atoms with van der Waals surface area (Å²) in [6.07, 6.45) is 0.988. The van der Waals surface area contributed by atoms with Crippen LogP contribution < -0.4 is 9.80 Å². The summed E-state index contributed by atoms with van der Waals surface area (Å²) >= 11 is 0. The van der Waals surface area contributed by atoms with E-state index >= 15 is 0 Å². The van der Waals surface area contributed by atoms with Crippen LogP contribution in [-0.4, -0.2) is 121 Å². The number of nitrogens with zero attached hydrogens (tertiary/aromatic N) is 4. The van der Waals surface area contributed by atoms with Crippen LogP contribution in [0.5, 0.6) is 0 Å². The number of piperazine rings is 2. The van der Waals surface area contributed by atoms with E-state index in [1.54, 1.807) is 13.8 Å². The molecule has 242 valence electrons. The molecular formula is C33H48N4O7. The average Bonchev–Trinajstić information content (AvgIpc) is 3.04. The van der Waals surface area contributed by atoms with Gasteiger partial charge in [0, 0.05) is 63.7 Å². The van der Waals surface area contributed by atoms with E-state index in [1.807, 2.05) is 36.4 Å². The van der Waals surface area contributed by atoms with Crippen LogP contribution in [-0.2, 0) is 39.8 Å². The van der Waals surface area contributed by atoms with Crippen LogP contribution in [0, 0.1) is 0 Å². The van der Waals surface area contributed by atoms with Crippen molar-refractivity contribution >= 4 is 36.1 Å². The summed E-state index contributed by atoms with van der Waals surface area (Å²) in [5.41, 5.74) is 4.04. The number of esters is 2. The lowest BCUT2D eigenvalue weighted by atomic mass is 10.0. The number of methoxy groups -OCH3 is 1. The van der Waals surface area contributed by atoms with Gasteiger partial charge in [-0.2, -0.15) is 0 Å². The van der Waals surface area contributed by atoms with Gasteiger partial charge >= 0.3 is 11.9 Å². The zero-order valence-electron chi connectivity index (χ0n) is 26.8. The first-order valence-electron chi connectivity index (χ1n) is 15.1. The maximum absolute atomic E-state index is 11.7. The van der Waals surface area contributed by atoms with Gasteiger partial charge in [-0.3, -0.25) is 14.4 Å². The number of likely N-dealkylation sites (N-methyl/N-ethyl adjacent to an activating group) is 2. The molecule has 0 spiro atoms. The third-order valence-electron chi connectivity index (χ3n) is 7.41. The molecule has 1 unspecified atom stereocenters. The Labute approximate surface area is 261 Å². The monoisotopic (exact) mass is 612 g/mol. The summed E-state index contributed by atoms with van der Waals surface area (Å²) in [6.45, 7) is 13.1. The number of ether oxygens (including phenoxy) is 3. The molecule has 2 aliphatic heterocycles. The summed E-state index contributed by atoms with van der Waals surface area (Å²) < 4.78 is 13.7. The molecule has 0 saturated carbocycles. The quantitative estimate of drug-likeness (QED) is 0.171. The topological polar surface area (TPSA) is 109 Å². The van der Waals surface area contributed by atoms with E-state index in [9.17, 15) is 19.2 Å². The lowest BCUT2D eigenvalue weighted by Crippen LogP contribution is -2.44. The largest absolute Gasteiger partial charge is 0.469 e. The van der Waals surface area contributed by atoms with Crippen molar-refractivity contribution in [3.63, 3.8) is 0 Å². The van der Waals surface area contributed by atoms with Crippen LogP contribution in [0.4, 0.5) is 11.4 Å². The van der Waals surface area contributed by atoms with Gasteiger partial charge in [0.25, 0.3) is 6.47 Å². The summed E-state index contributed by atoms with van der Waals surface area (Å²) in [7, 11) is 5.69. The van der Waals surface area contributed by atoms with Crippen molar-refractivity contribution in [2.75, 3.05) is 96.6 Å². The summed E-state index contributed by atoms with van der Waals surface area (Å²) in [5, 5.41) is 0. The van der Waals surface area contributed by atoms with Gasteiger partial charge in [0.2, 0.25) is 0 Å². The van der Waals surface area contributed by atoms with Crippen LogP contribution in [0.2, 0.25) is 0 Å². The Hall–Kier alpha value is -3.96. The summed E-state index contributed by atoms with van der Waals surface area (Å²) in [4.78, 5) is 52.5. The van der Waals surface area contributed by atoms with Crippen molar-refractivity contribution in [2.45, 2.75) is 26.2 Å². The van der Waals surface area contributed by atoms with Crippen molar-refractivity contribution in [1.29, 1.82) is 0 Å². The fraction of sp³-hybridized carbons (Fsp3) is 0.515.